The van der Waals surface area contributed by atoms with E-state index in [1.54, 1.807) is 25.1 Å². The number of carbonyl (C=O) groups excluding carboxylic acids is 1. The lowest BCUT2D eigenvalue weighted by Gasteiger charge is -2.07. The SMILES string of the molecule is COc1cc(/C(C)=N/NC(=O)c2ccc(C)c(C)c2)ccc1O. The van der Waals surface area contributed by atoms with Crippen LogP contribution in [0.3, 0.4) is 0 Å². The van der Waals surface area contributed by atoms with Crippen molar-refractivity contribution < 1.29 is 14.6 Å². The molecule has 1 amide bonds. The molecule has 0 saturated heterocycles. The minimum absolute atomic E-state index is 0.0585. The van der Waals surface area contributed by atoms with E-state index < -0.39 is 0 Å². The van der Waals surface area contributed by atoms with Gasteiger partial charge < -0.3 is 9.84 Å². The third kappa shape index (κ3) is 3.88. The molecule has 0 atom stereocenters. The first-order chi connectivity index (χ1) is 10.9. The number of methoxy groups -OCH3 is 1. The molecule has 0 saturated carbocycles. The molecule has 0 fully saturated rings. The van der Waals surface area contributed by atoms with Gasteiger partial charge in [-0.25, -0.2) is 5.43 Å². The summed E-state index contributed by atoms with van der Waals surface area (Å²) in [5.74, 6) is 0.152. The van der Waals surface area contributed by atoms with Crippen molar-refractivity contribution in [3.05, 3.63) is 58.7 Å². The van der Waals surface area contributed by atoms with Gasteiger partial charge in [0.1, 0.15) is 0 Å². The van der Waals surface area contributed by atoms with Crippen LogP contribution in [0.4, 0.5) is 0 Å². The van der Waals surface area contributed by atoms with Crippen LogP contribution in [0.1, 0.15) is 34.0 Å². The van der Waals surface area contributed by atoms with E-state index in [2.05, 4.69) is 10.5 Å². The van der Waals surface area contributed by atoms with Gasteiger partial charge >= 0.3 is 0 Å². The standard InChI is InChI=1S/C18H20N2O3/c1-11-5-6-15(9-12(11)2)18(22)20-19-13(3)14-7-8-16(21)17(10-14)23-4/h5-10,21H,1-4H3,(H,20,22)/b19-13+. The molecule has 2 aromatic rings. The molecule has 5 nitrogen and oxygen atoms in total. The first-order valence-corrected chi connectivity index (χ1v) is 7.21. The molecular formula is C18H20N2O3. The van der Waals surface area contributed by atoms with Crippen molar-refractivity contribution >= 4 is 11.6 Å². The molecule has 0 heterocycles. The Bertz CT molecular complexity index is 767. The molecule has 0 aromatic heterocycles. The number of benzene rings is 2. The summed E-state index contributed by atoms with van der Waals surface area (Å²) in [5, 5.41) is 13.7. The molecule has 120 valence electrons. The summed E-state index contributed by atoms with van der Waals surface area (Å²) < 4.78 is 5.06. The summed E-state index contributed by atoms with van der Waals surface area (Å²) in [5.41, 5.74) is 6.66. The van der Waals surface area contributed by atoms with Crippen LogP contribution >= 0.6 is 0 Å². The Kier molecular flexibility index (Phi) is 5.01. The smallest absolute Gasteiger partial charge is 0.271 e. The zero-order chi connectivity index (χ0) is 17.0. The Balaban J connectivity index is 2.15. The largest absolute Gasteiger partial charge is 0.504 e. The zero-order valence-corrected chi connectivity index (χ0v) is 13.7. The van der Waals surface area contributed by atoms with Gasteiger partial charge in [0, 0.05) is 11.1 Å². The van der Waals surface area contributed by atoms with E-state index in [0.29, 0.717) is 17.0 Å². The average molecular weight is 312 g/mol. The Morgan fingerprint density at radius 1 is 1.09 bits per heavy atom. The molecule has 0 aliphatic heterocycles. The fourth-order valence-electron chi connectivity index (χ4n) is 2.05. The highest BCUT2D eigenvalue weighted by atomic mass is 16.5. The van der Waals surface area contributed by atoms with Crippen LogP contribution in [0.25, 0.3) is 0 Å². The van der Waals surface area contributed by atoms with Crippen LogP contribution in [0.2, 0.25) is 0 Å². The lowest BCUT2D eigenvalue weighted by molar-refractivity contribution is 0.0954. The van der Waals surface area contributed by atoms with Crippen molar-refractivity contribution in [2.75, 3.05) is 7.11 Å². The summed E-state index contributed by atoms with van der Waals surface area (Å²) in [7, 11) is 1.48. The number of aromatic hydroxyl groups is 1. The summed E-state index contributed by atoms with van der Waals surface area (Å²) in [4.78, 5) is 12.1. The number of hydrogen-bond donors (Lipinski definition) is 2. The maximum Gasteiger partial charge on any atom is 0.271 e. The van der Waals surface area contributed by atoms with Crippen LogP contribution in [0.15, 0.2) is 41.5 Å². The number of rotatable bonds is 4. The number of phenols is 1. The zero-order valence-electron chi connectivity index (χ0n) is 13.7. The van der Waals surface area contributed by atoms with E-state index in [1.165, 1.54) is 13.2 Å². The third-order valence-corrected chi connectivity index (χ3v) is 3.69. The fraction of sp³-hybridized carbons (Fsp3) is 0.222. The van der Waals surface area contributed by atoms with Gasteiger partial charge in [0.25, 0.3) is 5.91 Å². The van der Waals surface area contributed by atoms with E-state index in [1.807, 2.05) is 26.0 Å². The molecule has 5 heteroatoms. The monoisotopic (exact) mass is 312 g/mol. The molecular weight excluding hydrogens is 292 g/mol. The average Bonchev–Trinajstić information content (AvgIpc) is 2.55. The van der Waals surface area contributed by atoms with E-state index in [-0.39, 0.29) is 11.7 Å². The van der Waals surface area contributed by atoms with Crippen LogP contribution < -0.4 is 10.2 Å². The van der Waals surface area contributed by atoms with Crippen LogP contribution in [-0.4, -0.2) is 23.8 Å². The second-order valence-electron chi connectivity index (χ2n) is 5.32. The van der Waals surface area contributed by atoms with Crippen molar-refractivity contribution in [1.29, 1.82) is 0 Å². The summed E-state index contributed by atoms with van der Waals surface area (Å²) in [6.45, 7) is 5.73. The molecule has 2 aromatic carbocycles. The maximum atomic E-state index is 12.1. The van der Waals surface area contributed by atoms with Crippen molar-refractivity contribution in [3.63, 3.8) is 0 Å². The summed E-state index contributed by atoms with van der Waals surface area (Å²) in [6.07, 6.45) is 0. The maximum absolute atomic E-state index is 12.1. The van der Waals surface area contributed by atoms with Gasteiger partial charge in [-0.3, -0.25) is 4.79 Å². The third-order valence-electron chi connectivity index (χ3n) is 3.69. The van der Waals surface area contributed by atoms with Crippen molar-refractivity contribution in [2.45, 2.75) is 20.8 Å². The second kappa shape index (κ2) is 6.96. The predicted molar refractivity (Wildman–Crippen MR) is 90.3 cm³/mol. The number of nitrogens with one attached hydrogen (secondary N) is 1. The van der Waals surface area contributed by atoms with Gasteiger partial charge in [-0.05, 0) is 62.2 Å². The molecule has 2 rings (SSSR count). The number of nitrogens with zero attached hydrogens (tertiary/aromatic N) is 1. The molecule has 0 unspecified atom stereocenters. The Morgan fingerprint density at radius 3 is 2.43 bits per heavy atom. The number of amides is 1. The van der Waals surface area contributed by atoms with Crippen LogP contribution in [0, 0.1) is 13.8 Å². The summed E-state index contributed by atoms with van der Waals surface area (Å²) >= 11 is 0. The van der Waals surface area contributed by atoms with Gasteiger partial charge in [0.05, 0.1) is 12.8 Å². The van der Waals surface area contributed by atoms with Gasteiger partial charge in [-0.2, -0.15) is 5.10 Å². The highest BCUT2D eigenvalue weighted by Crippen LogP contribution is 2.26. The quantitative estimate of drug-likeness (QED) is 0.673. The molecule has 0 bridgehead atoms. The highest BCUT2D eigenvalue weighted by Gasteiger charge is 2.08. The van der Waals surface area contributed by atoms with Gasteiger partial charge in [-0.1, -0.05) is 6.07 Å². The number of hydrazone groups is 1. The predicted octanol–water partition coefficient (Wildman–Crippen LogP) is 3.17. The normalized spacial score (nSPS) is 11.2. The van der Waals surface area contributed by atoms with Crippen molar-refractivity contribution in [1.82, 2.24) is 5.43 Å². The van der Waals surface area contributed by atoms with Crippen molar-refractivity contribution in [2.24, 2.45) is 5.10 Å². The minimum Gasteiger partial charge on any atom is -0.504 e. The molecule has 0 radical (unpaired) electrons. The minimum atomic E-state index is -0.266. The number of aryl methyl sites for hydroxylation is 2. The van der Waals surface area contributed by atoms with Gasteiger partial charge in [-0.15, -0.1) is 0 Å². The van der Waals surface area contributed by atoms with Crippen molar-refractivity contribution in [3.8, 4) is 11.5 Å². The summed E-state index contributed by atoms with van der Waals surface area (Å²) in [6, 6.07) is 10.4. The highest BCUT2D eigenvalue weighted by molar-refractivity contribution is 6.01. The number of hydrogen-bond acceptors (Lipinski definition) is 4. The van der Waals surface area contributed by atoms with Gasteiger partial charge in [0.15, 0.2) is 11.5 Å². The lowest BCUT2D eigenvalue weighted by Crippen LogP contribution is -2.19. The molecule has 0 spiro atoms. The number of ether oxygens (including phenoxy) is 1. The van der Waals surface area contributed by atoms with Crippen LogP contribution in [0.5, 0.6) is 11.5 Å². The number of carbonyl (C=O) groups is 1. The second-order valence-corrected chi connectivity index (χ2v) is 5.32. The fourth-order valence-corrected chi connectivity index (χ4v) is 2.05. The lowest BCUT2D eigenvalue weighted by atomic mass is 10.1. The van der Waals surface area contributed by atoms with E-state index >= 15 is 0 Å². The number of phenolic OH excluding ortho intramolecular Hbond substituents is 1. The molecule has 2 N–H and O–H groups in total. The first kappa shape index (κ1) is 16.5. The van der Waals surface area contributed by atoms with Crippen LogP contribution in [-0.2, 0) is 0 Å². The molecule has 0 aliphatic carbocycles. The first-order valence-electron chi connectivity index (χ1n) is 7.21. The Hall–Kier alpha value is -2.82. The molecule has 0 aliphatic rings. The van der Waals surface area contributed by atoms with E-state index in [4.69, 9.17) is 4.74 Å². The topological polar surface area (TPSA) is 70.9 Å². The molecule has 23 heavy (non-hydrogen) atoms. The van der Waals surface area contributed by atoms with E-state index in [9.17, 15) is 9.90 Å². The van der Waals surface area contributed by atoms with Gasteiger partial charge in [0.2, 0.25) is 0 Å². The Morgan fingerprint density at radius 2 is 1.78 bits per heavy atom. The Labute approximate surface area is 135 Å². The van der Waals surface area contributed by atoms with E-state index in [0.717, 1.165) is 16.7 Å².